The first-order valence-corrected chi connectivity index (χ1v) is 3.31. The monoisotopic (exact) mass is 146 g/mol. The Morgan fingerprint density at radius 1 is 1.50 bits per heavy atom. The molecule has 0 radical (unpaired) electrons. The van der Waals surface area contributed by atoms with Crippen molar-refractivity contribution in [3.8, 4) is 0 Å². The van der Waals surface area contributed by atoms with Gasteiger partial charge in [0.15, 0.2) is 6.29 Å². The number of hydrogen-bond acceptors (Lipinski definition) is 4. The second-order valence-corrected chi connectivity index (χ2v) is 2.57. The molecule has 2 fully saturated rings. The largest absolute Gasteiger partial charge is 0.388 e. The molecule has 10 heavy (non-hydrogen) atoms. The summed E-state index contributed by atoms with van der Waals surface area (Å²) in [6.45, 7) is 0.319. The Bertz CT molecular complexity index is 138. The lowest BCUT2D eigenvalue weighted by molar-refractivity contribution is -0.161. The number of epoxide rings is 1. The molecular formula is C6H10O4. The van der Waals surface area contributed by atoms with Crippen molar-refractivity contribution in [2.24, 2.45) is 0 Å². The summed E-state index contributed by atoms with van der Waals surface area (Å²) in [5.74, 6) is 0. The van der Waals surface area contributed by atoms with Gasteiger partial charge in [-0.3, -0.25) is 0 Å². The first-order chi connectivity index (χ1) is 4.83. The van der Waals surface area contributed by atoms with Crippen molar-refractivity contribution in [3.63, 3.8) is 0 Å². The van der Waals surface area contributed by atoms with Crippen molar-refractivity contribution in [1.82, 2.24) is 0 Å². The van der Waals surface area contributed by atoms with Gasteiger partial charge < -0.3 is 19.3 Å². The zero-order valence-electron chi connectivity index (χ0n) is 5.69. The zero-order valence-corrected chi connectivity index (χ0v) is 5.69. The van der Waals surface area contributed by atoms with Gasteiger partial charge in [-0.05, 0) is 0 Å². The standard InChI is InChI=1S/C6H10O4/c1-8-6-5-4(10-5)3(7)2-9-6/h3-7H,2H2,1H3/t3-,4-,5-,6+/m1/s1. The van der Waals surface area contributed by atoms with Crippen molar-refractivity contribution in [3.05, 3.63) is 0 Å². The summed E-state index contributed by atoms with van der Waals surface area (Å²) < 4.78 is 15.1. The molecule has 2 rings (SSSR count). The van der Waals surface area contributed by atoms with E-state index in [1.165, 1.54) is 0 Å². The van der Waals surface area contributed by atoms with Crippen molar-refractivity contribution < 1.29 is 19.3 Å². The molecule has 0 amide bonds. The molecule has 0 spiro atoms. The maximum absolute atomic E-state index is 9.13. The van der Waals surface area contributed by atoms with Gasteiger partial charge in [0.1, 0.15) is 18.3 Å². The minimum absolute atomic E-state index is 0.0336. The van der Waals surface area contributed by atoms with E-state index < -0.39 is 6.10 Å². The molecule has 2 aliphatic rings. The first kappa shape index (κ1) is 6.54. The number of ether oxygens (including phenoxy) is 3. The SMILES string of the molecule is CO[C@H]1OC[C@@H](O)[C@H]2O[C@@H]12. The van der Waals surface area contributed by atoms with E-state index in [2.05, 4.69) is 0 Å². The Kier molecular flexibility index (Phi) is 1.42. The molecule has 0 aromatic rings. The van der Waals surface area contributed by atoms with E-state index in [0.29, 0.717) is 6.61 Å². The van der Waals surface area contributed by atoms with E-state index in [1.54, 1.807) is 7.11 Å². The van der Waals surface area contributed by atoms with Gasteiger partial charge in [-0.15, -0.1) is 0 Å². The highest BCUT2D eigenvalue weighted by molar-refractivity contribution is 4.96. The molecule has 58 valence electrons. The third-order valence-electron chi connectivity index (χ3n) is 1.87. The lowest BCUT2D eigenvalue weighted by Gasteiger charge is -2.20. The Morgan fingerprint density at radius 3 is 3.00 bits per heavy atom. The van der Waals surface area contributed by atoms with Crippen LogP contribution in [0, 0.1) is 0 Å². The number of methoxy groups -OCH3 is 1. The van der Waals surface area contributed by atoms with Gasteiger partial charge in [-0.1, -0.05) is 0 Å². The molecule has 0 aromatic heterocycles. The van der Waals surface area contributed by atoms with Crippen molar-refractivity contribution in [2.45, 2.75) is 24.6 Å². The third-order valence-corrected chi connectivity index (χ3v) is 1.87. The van der Waals surface area contributed by atoms with Crippen LogP contribution in [0.1, 0.15) is 0 Å². The fourth-order valence-corrected chi connectivity index (χ4v) is 1.25. The average Bonchev–Trinajstić information content (AvgIpc) is 2.68. The minimum atomic E-state index is -0.462. The van der Waals surface area contributed by atoms with Crippen molar-refractivity contribution in [1.29, 1.82) is 0 Å². The number of aliphatic hydroxyl groups excluding tert-OH is 1. The summed E-state index contributed by atoms with van der Waals surface area (Å²) in [4.78, 5) is 0. The van der Waals surface area contributed by atoms with Crippen LogP contribution in [0.3, 0.4) is 0 Å². The number of hydrogen-bond donors (Lipinski definition) is 1. The van der Waals surface area contributed by atoms with Crippen LogP contribution in [-0.2, 0) is 14.2 Å². The van der Waals surface area contributed by atoms with Gasteiger partial charge >= 0.3 is 0 Å². The highest BCUT2D eigenvalue weighted by Crippen LogP contribution is 2.34. The normalized spacial score (nSPS) is 52.2. The maximum Gasteiger partial charge on any atom is 0.186 e. The van der Waals surface area contributed by atoms with Gasteiger partial charge in [0.2, 0.25) is 0 Å². The Balaban J connectivity index is 1.95. The van der Waals surface area contributed by atoms with E-state index >= 15 is 0 Å². The van der Waals surface area contributed by atoms with Crippen LogP contribution in [0.4, 0.5) is 0 Å². The summed E-state index contributed by atoms with van der Waals surface area (Å²) in [6, 6.07) is 0. The Hall–Kier alpha value is -0.160. The van der Waals surface area contributed by atoms with Gasteiger partial charge in [0, 0.05) is 7.11 Å². The van der Waals surface area contributed by atoms with E-state index in [1.807, 2.05) is 0 Å². The van der Waals surface area contributed by atoms with Gasteiger partial charge in [0.25, 0.3) is 0 Å². The molecule has 2 heterocycles. The number of fused-ring (bicyclic) bond motifs is 1. The lowest BCUT2D eigenvalue weighted by atomic mass is 10.1. The fraction of sp³-hybridized carbons (Fsp3) is 1.00. The molecule has 2 saturated heterocycles. The zero-order chi connectivity index (χ0) is 7.14. The predicted molar refractivity (Wildman–Crippen MR) is 31.4 cm³/mol. The molecule has 0 aliphatic carbocycles. The van der Waals surface area contributed by atoms with Crippen LogP contribution >= 0.6 is 0 Å². The van der Waals surface area contributed by atoms with Crippen LogP contribution in [0.2, 0.25) is 0 Å². The van der Waals surface area contributed by atoms with Gasteiger partial charge in [-0.2, -0.15) is 0 Å². The van der Waals surface area contributed by atoms with Gasteiger partial charge in [0.05, 0.1) is 6.61 Å². The van der Waals surface area contributed by atoms with E-state index in [9.17, 15) is 0 Å². The molecule has 2 aliphatic heterocycles. The van der Waals surface area contributed by atoms with Crippen LogP contribution in [0.15, 0.2) is 0 Å². The molecule has 4 heteroatoms. The molecule has 4 atom stereocenters. The van der Waals surface area contributed by atoms with Crippen LogP contribution < -0.4 is 0 Å². The summed E-state index contributed by atoms with van der Waals surface area (Å²) in [5, 5.41) is 9.13. The first-order valence-electron chi connectivity index (χ1n) is 3.31. The number of rotatable bonds is 1. The third kappa shape index (κ3) is 0.845. The highest BCUT2D eigenvalue weighted by Gasteiger charge is 2.53. The lowest BCUT2D eigenvalue weighted by Crippen LogP contribution is -2.38. The fourth-order valence-electron chi connectivity index (χ4n) is 1.25. The predicted octanol–water partition coefficient (Wildman–Crippen LogP) is -0.883. The van der Waals surface area contributed by atoms with E-state index in [4.69, 9.17) is 19.3 Å². The minimum Gasteiger partial charge on any atom is -0.388 e. The Morgan fingerprint density at radius 2 is 2.30 bits per heavy atom. The highest BCUT2D eigenvalue weighted by atomic mass is 16.7. The van der Waals surface area contributed by atoms with Crippen LogP contribution in [0.5, 0.6) is 0 Å². The van der Waals surface area contributed by atoms with Crippen LogP contribution in [-0.4, -0.2) is 43.4 Å². The van der Waals surface area contributed by atoms with Crippen molar-refractivity contribution >= 4 is 0 Å². The van der Waals surface area contributed by atoms with Crippen LogP contribution in [0.25, 0.3) is 0 Å². The average molecular weight is 146 g/mol. The topological polar surface area (TPSA) is 51.2 Å². The number of aliphatic hydroxyl groups is 1. The van der Waals surface area contributed by atoms with E-state index in [-0.39, 0.29) is 18.5 Å². The van der Waals surface area contributed by atoms with Gasteiger partial charge in [-0.25, -0.2) is 0 Å². The molecule has 1 N–H and O–H groups in total. The summed E-state index contributed by atoms with van der Waals surface area (Å²) >= 11 is 0. The molecule has 4 nitrogen and oxygen atoms in total. The summed E-state index contributed by atoms with van der Waals surface area (Å²) in [6.07, 6.45) is -0.808. The maximum atomic E-state index is 9.13. The second kappa shape index (κ2) is 2.17. The quantitative estimate of drug-likeness (QED) is 0.488. The summed E-state index contributed by atoms with van der Waals surface area (Å²) in [5.41, 5.74) is 0. The molecule has 0 unspecified atom stereocenters. The molecule has 0 bridgehead atoms. The molecule has 0 saturated carbocycles. The Labute approximate surface area is 58.7 Å². The van der Waals surface area contributed by atoms with E-state index in [0.717, 1.165) is 0 Å². The summed E-state index contributed by atoms with van der Waals surface area (Å²) in [7, 11) is 1.57. The molecule has 0 aromatic carbocycles. The van der Waals surface area contributed by atoms with Crippen molar-refractivity contribution in [2.75, 3.05) is 13.7 Å². The second-order valence-electron chi connectivity index (χ2n) is 2.57. The molecular weight excluding hydrogens is 136 g/mol. The smallest absolute Gasteiger partial charge is 0.186 e.